The van der Waals surface area contributed by atoms with Crippen LogP contribution in [-0.4, -0.2) is 43.5 Å². The first-order chi connectivity index (χ1) is 21.3. The number of benzene rings is 1. The lowest BCUT2D eigenvalue weighted by molar-refractivity contribution is -0.671. The molecule has 7 nitrogen and oxygen atoms in total. The van der Waals surface area contributed by atoms with Crippen molar-refractivity contribution in [2.24, 2.45) is 13.0 Å². The molecule has 2 atom stereocenters. The lowest BCUT2D eigenvalue weighted by Crippen LogP contribution is -2.23. The first-order valence-electron chi connectivity index (χ1n) is 17.5. The van der Waals surface area contributed by atoms with Gasteiger partial charge in [0, 0.05) is 13.2 Å². The van der Waals surface area contributed by atoms with E-state index in [1.165, 1.54) is 128 Å². The minimum absolute atomic E-state index is 0.178. The van der Waals surface area contributed by atoms with Gasteiger partial charge in [0.25, 0.3) is 0 Å². The van der Waals surface area contributed by atoms with Gasteiger partial charge in [-0.15, -0.1) is 0 Å². The molecule has 0 N–H and O–H groups in total. The highest BCUT2D eigenvalue weighted by atomic mass is 32.2. The van der Waals surface area contributed by atoms with Gasteiger partial charge >= 0.3 is 0 Å². The Morgan fingerprint density at radius 2 is 1.48 bits per heavy atom. The first-order valence-corrected chi connectivity index (χ1v) is 18.9. The molecule has 0 radical (unpaired) electrons. The van der Waals surface area contributed by atoms with E-state index in [1.807, 2.05) is 6.92 Å². The van der Waals surface area contributed by atoms with Crippen LogP contribution in [-0.2, 0) is 33.2 Å². The molecule has 8 heteroatoms. The van der Waals surface area contributed by atoms with E-state index >= 15 is 0 Å². The van der Waals surface area contributed by atoms with Crippen LogP contribution in [0.5, 0.6) is 0 Å². The number of ether oxygens (including phenoxy) is 2. The standard InChI is InChI=1S/C29H55N2O2.C7H8O3S/c1-3-4-5-6-7-8-9-10-11-12-13-16-19-28-24-29(33-25-28)26-32-23-18-15-14-17-20-31-22-21-30(2)27-31;1-6-2-4-7(5-3-6)11(8,9)10/h21-22,27-29H,3-20,23-26H2,1-2H3;2-5H,1H3,(H,8,9,10)/q+1;/p-1/t28-,29+;/m1./s1. The van der Waals surface area contributed by atoms with E-state index in [0.29, 0.717) is 6.10 Å². The summed E-state index contributed by atoms with van der Waals surface area (Å²) in [6, 6.07) is 5.78. The molecule has 0 amide bonds. The lowest BCUT2D eigenvalue weighted by atomic mass is 9.97. The lowest BCUT2D eigenvalue weighted by Gasteiger charge is -2.10. The van der Waals surface area contributed by atoms with Gasteiger partial charge in [-0.1, -0.05) is 108 Å². The molecule has 1 aromatic carbocycles. The smallest absolute Gasteiger partial charge is 0.243 e. The van der Waals surface area contributed by atoms with Crippen molar-refractivity contribution in [1.29, 1.82) is 0 Å². The van der Waals surface area contributed by atoms with Gasteiger partial charge in [-0.2, -0.15) is 0 Å². The van der Waals surface area contributed by atoms with Gasteiger partial charge < -0.3 is 14.0 Å². The summed E-state index contributed by atoms with van der Waals surface area (Å²) in [6.45, 7) is 7.89. The van der Waals surface area contributed by atoms with Gasteiger partial charge in [0.2, 0.25) is 6.33 Å². The van der Waals surface area contributed by atoms with Crippen LogP contribution in [0.25, 0.3) is 0 Å². The zero-order valence-corrected chi connectivity index (χ0v) is 28.9. The summed E-state index contributed by atoms with van der Waals surface area (Å²) < 4.78 is 47.4. The van der Waals surface area contributed by atoms with E-state index in [-0.39, 0.29) is 4.90 Å². The highest BCUT2D eigenvalue weighted by Gasteiger charge is 2.25. The Morgan fingerprint density at radius 3 is 2.07 bits per heavy atom. The van der Waals surface area contributed by atoms with Crippen LogP contribution in [0.3, 0.4) is 0 Å². The maximum atomic E-state index is 10.4. The van der Waals surface area contributed by atoms with Crippen molar-refractivity contribution in [3.05, 3.63) is 48.5 Å². The summed E-state index contributed by atoms with van der Waals surface area (Å²) in [5, 5.41) is 0. The zero-order chi connectivity index (χ0) is 31.9. The molecular formula is C36H62N2O5S. The SMILES string of the molecule is CCCCCCCCCCCCCC[C@H]1CO[C@H](COCCCCCCn2cc[n+](C)c2)C1.Cc1ccc(S(=O)(=O)[O-])cc1. The van der Waals surface area contributed by atoms with Crippen LogP contribution in [0.2, 0.25) is 0 Å². The third-order valence-corrected chi connectivity index (χ3v) is 9.37. The third-order valence-electron chi connectivity index (χ3n) is 8.52. The molecule has 44 heavy (non-hydrogen) atoms. The Kier molecular flexibility index (Phi) is 20.6. The highest BCUT2D eigenvalue weighted by molar-refractivity contribution is 7.85. The average molecular weight is 635 g/mol. The van der Waals surface area contributed by atoms with Gasteiger partial charge in [0.1, 0.15) is 22.5 Å². The monoisotopic (exact) mass is 634 g/mol. The van der Waals surface area contributed by atoms with E-state index in [0.717, 1.165) is 37.8 Å². The summed E-state index contributed by atoms with van der Waals surface area (Å²) in [7, 11) is -2.20. The largest absolute Gasteiger partial charge is 0.744 e. The van der Waals surface area contributed by atoms with Crippen LogP contribution in [0.4, 0.5) is 0 Å². The van der Waals surface area contributed by atoms with Crippen molar-refractivity contribution in [2.75, 3.05) is 19.8 Å². The van der Waals surface area contributed by atoms with E-state index in [1.54, 1.807) is 12.1 Å². The molecule has 3 rings (SSSR count). The molecule has 1 aliphatic heterocycles. The van der Waals surface area contributed by atoms with Gasteiger partial charge in [-0.05, 0) is 57.1 Å². The van der Waals surface area contributed by atoms with Crippen LogP contribution in [0.15, 0.2) is 47.9 Å². The molecule has 1 aliphatic rings. The van der Waals surface area contributed by atoms with E-state index < -0.39 is 10.1 Å². The van der Waals surface area contributed by atoms with Gasteiger partial charge in [0.05, 0.1) is 31.2 Å². The molecule has 2 heterocycles. The molecule has 0 saturated carbocycles. The summed E-state index contributed by atoms with van der Waals surface area (Å²) in [5.41, 5.74) is 0.928. The normalized spacial score (nSPS) is 16.6. The second kappa shape index (κ2) is 23.6. The quantitative estimate of drug-likeness (QED) is 0.0698. The highest BCUT2D eigenvalue weighted by Crippen LogP contribution is 2.25. The van der Waals surface area contributed by atoms with Crippen LogP contribution in [0, 0.1) is 12.8 Å². The maximum absolute atomic E-state index is 10.4. The molecule has 1 saturated heterocycles. The average Bonchev–Trinajstić information content (AvgIpc) is 3.63. The molecule has 0 unspecified atom stereocenters. The minimum Gasteiger partial charge on any atom is -0.744 e. The molecule has 1 aromatic heterocycles. The fourth-order valence-electron chi connectivity index (χ4n) is 5.78. The molecule has 0 bridgehead atoms. The summed E-state index contributed by atoms with van der Waals surface area (Å²) in [4.78, 5) is -0.178. The zero-order valence-electron chi connectivity index (χ0n) is 28.1. The first kappa shape index (κ1) is 38.4. The van der Waals surface area contributed by atoms with Crippen molar-refractivity contribution in [3.8, 4) is 0 Å². The van der Waals surface area contributed by atoms with Crippen molar-refractivity contribution in [3.63, 3.8) is 0 Å². The van der Waals surface area contributed by atoms with Crippen molar-refractivity contribution in [2.45, 2.75) is 147 Å². The number of aryl methyl sites for hydroxylation is 3. The van der Waals surface area contributed by atoms with E-state index in [9.17, 15) is 13.0 Å². The summed E-state index contributed by atoms with van der Waals surface area (Å²) >= 11 is 0. The Morgan fingerprint density at radius 1 is 0.886 bits per heavy atom. The topological polar surface area (TPSA) is 84.5 Å². The Hall–Kier alpha value is -1.74. The number of hydrogen-bond donors (Lipinski definition) is 0. The van der Waals surface area contributed by atoms with E-state index in [4.69, 9.17) is 9.47 Å². The minimum atomic E-state index is -4.27. The molecular weight excluding hydrogens is 572 g/mol. The summed E-state index contributed by atoms with van der Waals surface area (Å²) in [6.07, 6.45) is 31.5. The fourth-order valence-corrected chi connectivity index (χ4v) is 6.25. The molecule has 0 spiro atoms. The molecule has 252 valence electrons. The van der Waals surface area contributed by atoms with Crippen LogP contribution < -0.4 is 4.57 Å². The second-order valence-electron chi connectivity index (χ2n) is 12.8. The summed E-state index contributed by atoms with van der Waals surface area (Å²) in [5.74, 6) is 0.775. The van der Waals surface area contributed by atoms with Crippen LogP contribution in [0.1, 0.15) is 128 Å². The molecule has 0 aliphatic carbocycles. The number of unbranched alkanes of at least 4 members (excludes halogenated alkanes) is 14. The van der Waals surface area contributed by atoms with Crippen molar-refractivity contribution >= 4 is 10.1 Å². The fraction of sp³-hybridized carbons (Fsp3) is 0.750. The Labute approximate surface area is 269 Å². The predicted molar refractivity (Wildman–Crippen MR) is 178 cm³/mol. The number of nitrogens with zero attached hydrogens (tertiary/aromatic N) is 2. The molecule has 1 fully saturated rings. The number of aromatic nitrogens is 2. The molecule has 2 aromatic rings. The van der Waals surface area contributed by atoms with E-state index in [2.05, 4.69) is 41.8 Å². The number of rotatable bonds is 23. The second-order valence-corrected chi connectivity index (χ2v) is 14.2. The Bertz CT molecular complexity index is 1070. The third kappa shape index (κ3) is 18.9. The maximum Gasteiger partial charge on any atom is 0.243 e. The number of imidazole rings is 1. The number of hydrogen-bond acceptors (Lipinski definition) is 5. The van der Waals surface area contributed by atoms with Crippen LogP contribution >= 0.6 is 0 Å². The predicted octanol–water partition coefficient (Wildman–Crippen LogP) is 8.29. The van der Waals surface area contributed by atoms with Gasteiger partial charge in [0.15, 0.2) is 0 Å². The van der Waals surface area contributed by atoms with Crippen molar-refractivity contribution < 1.29 is 27.0 Å². The Balaban J connectivity index is 0.000000514. The van der Waals surface area contributed by atoms with Gasteiger partial charge in [-0.3, -0.25) is 0 Å². The van der Waals surface area contributed by atoms with Crippen molar-refractivity contribution in [1.82, 2.24) is 4.57 Å². The van der Waals surface area contributed by atoms with Gasteiger partial charge in [-0.25, -0.2) is 17.6 Å².